The molecule has 3 rings (SSSR count). The van der Waals surface area contributed by atoms with Gasteiger partial charge in [0, 0.05) is 13.1 Å². The van der Waals surface area contributed by atoms with E-state index in [1.54, 1.807) is 6.07 Å². The lowest BCUT2D eigenvalue weighted by Gasteiger charge is -2.38. The van der Waals surface area contributed by atoms with Crippen molar-refractivity contribution in [3.63, 3.8) is 0 Å². The number of rotatable bonds is 5. The summed E-state index contributed by atoms with van der Waals surface area (Å²) in [5.74, 6) is 0. The number of benzene rings is 2. The van der Waals surface area contributed by atoms with Crippen LogP contribution in [0.3, 0.4) is 0 Å². The summed E-state index contributed by atoms with van der Waals surface area (Å²) in [4.78, 5) is 0.409. The van der Waals surface area contributed by atoms with E-state index in [9.17, 15) is 8.42 Å². The smallest absolute Gasteiger partial charge is 0.243 e. The van der Waals surface area contributed by atoms with Crippen molar-refractivity contribution in [2.24, 2.45) is 0 Å². The van der Waals surface area contributed by atoms with E-state index in [-0.39, 0.29) is 6.10 Å². The van der Waals surface area contributed by atoms with Gasteiger partial charge in [-0.25, -0.2) is 8.42 Å². The van der Waals surface area contributed by atoms with E-state index in [1.165, 1.54) is 4.31 Å². The van der Waals surface area contributed by atoms with Crippen LogP contribution in [0.25, 0.3) is 0 Å². The second-order valence-electron chi connectivity index (χ2n) is 6.44. The Bertz CT molecular complexity index is 825. The van der Waals surface area contributed by atoms with Gasteiger partial charge in [-0.1, -0.05) is 36.4 Å². The second kappa shape index (κ2) is 6.67. The molecule has 0 radical (unpaired) electrons. The molecule has 0 amide bonds. The Labute approximate surface area is 144 Å². The van der Waals surface area contributed by atoms with Gasteiger partial charge < -0.3 is 4.74 Å². The van der Waals surface area contributed by atoms with Crippen molar-refractivity contribution in [1.82, 2.24) is 4.31 Å². The number of hydrogen-bond donors (Lipinski definition) is 0. The van der Waals surface area contributed by atoms with Gasteiger partial charge in [-0.3, -0.25) is 0 Å². The summed E-state index contributed by atoms with van der Waals surface area (Å²) >= 11 is 0. The van der Waals surface area contributed by atoms with E-state index in [0.29, 0.717) is 24.6 Å². The Morgan fingerprint density at radius 3 is 2.29 bits per heavy atom. The standard InChI is InChI=1S/C19H23NO3S/c1-14-9-16(3)19(10-15(14)2)24(21,22)20-11-18(12-20)23-13-17-7-5-4-6-8-17/h4-10,18H,11-13H2,1-3H3. The van der Waals surface area contributed by atoms with Gasteiger partial charge in [-0.15, -0.1) is 0 Å². The zero-order valence-corrected chi connectivity index (χ0v) is 15.1. The third-order valence-electron chi connectivity index (χ3n) is 4.55. The molecule has 0 atom stereocenters. The second-order valence-corrected chi connectivity index (χ2v) is 8.35. The first kappa shape index (κ1) is 17.1. The molecular formula is C19H23NO3S. The third kappa shape index (κ3) is 3.38. The molecule has 0 unspecified atom stereocenters. The first-order chi connectivity index (χ1) is 11.4. The SMILES string of the molecule is Cc1cc(C)c(S(=O)(=O)N2CC(OCc3ccccc3)C2)cc1C. The number of hydrogen-bond acceptors (Lipinski definition) is 3. The minimum absolute atomic E-state index is 0.0353. The summed E-state index contributed by atoms with van der Waals surface area (Å²) in [6, 6.07) is 13.6. The highest BCUT2D eigenvalue weighted by Gasteiger charge is 2.38. The van der Waals surface area contributed by atoms with Gasteiger partial charge in [0.05, 0.1) is 17.6 Å². The first-order valence-corrected chi connectivity index (χ1v) is 9.55. The molecule has 0 N–H and O–H groups in total. The monoisotopic (exact) mass is 345 g/mol. The molecule has 1 saturated heterocycles. The van der Waals surface area contributed by atoms with E-state index in [2.05, 4.69) is 0 Å². The van der Waals surface area contributed by atoms with E-state index in [0.717, 1.165) is 22.3 Å². The third-order valence-corrected chi connectivity index (χ3v) is 6.53. The fourth-order valence-corrected chi connectivity index (χ4v) is 4.64. The Morgan fingerprint density at radius 2 is 1.62 bits per heavy atom. The first-order valence-electron chi connectivity index (χ1n) is 8.11. The summed E-state index contributed by atoms with van der Waals surface area (Å²) in [6.07, 6.45) is -0.0353. The maximum atomic E-state index is 12.8. The van der Waals surface area contributed by atoms with Gasteiger partial charge >= 0.3 is 0 Å². The molecule has 1 aliphatic rings. The van der Waals surface area contributed by atoms with Gasteiger partial charge in [-0.2, -0.15) is 4.31 Å². The summed E-state index contributed by atoms with van der Waals surface area (Å²) in [6.45, 7) is 7.14. The maximum absolute atomic E-state index is 12.8. The molecule has 0 aromatic heterocycles. The molecule has 24 heavy (non-hydrogen) atoms. The van der Waals surface area contributed by atoms with E-state index < -0.39 is 10.0 Å². The molecular weight excluding hydrogens is 322 g/mol. The lowest BCUT2D eigenvalue weighted by molar-refractivity contribution is -0.0295. The van der Waals surface area contributed by atoms with Crippen LogP contribution < -0.4 is 0 Å². The number of aryl methyl sites for hydroxylation is 3. The van der Waals surface area contributed by atoms with Crippen LogP contribution in [0, 0.1) is 20.8 Å². The maximum Gasteiger partial charge on any atom is 0.243 e. The van der Waals surface area contributed by atoms with Crippen LogP contribution in [0.5, 0.6) is 0 Å². The van der Waals surface area contributed by atoms with Crippen LogP contribution in [0.15, 0.2) is 47.4 Å². The van der Waals surface area contributed by atoms with E-state index >= 15 is 0 Å². The van der Waals surface area contributed by atoms with Gasteiger partial charge in [0.1, 0.15) is 0 Å². The molecule has 0 aliphatic carbocycles. The Morgan fingerprint density at radius 1 is 1.00 bits per heavy atom. The summed E-state index contributed by atoms with van der Waals surface area (Å²) in [5.41, 5.74) is 4.01. The van der Waals surface area contributed by atoms with E-state index in [4.69, 9.17) is 4.74 Å². The van der Waals surface area contributed by atoms with Crippen molar-refractivity contribution in [3.8, 4) is 0 Å². The summed E-state index contributed by atoms with van der Waals surface area (Å²) in [5, 5.41) is 0. The topological polar surface area (TPSA) is 46.6 Å². The molecule has 1 fully saturated rings. The van der Waals surface area contributed by atoms with Crippen LogP contribution in [0.1, 0.15) is 22.3 Å². The zero-order valence-electron chi connectivity index (χ0n) is 14.3. The number of sulfonamides is 1. The van der Waals surface area contributed by atoms with Gasteiger partial charge in [0.2, 0.25) is 10.0 Å². The molecule has 2 aromatic carbocycles. The van der Waals surface area contributed by atoms with Crippen LogP contribution in [-0.4, -0.2) is 31.9 Å². The largest absolute Gasteiger partial charge is 0.371 e. The minimum Gasteiger partial charge on any atom is -0.371 e. The normalized spacial score (nSPS) is 16.1. The molecule has 0 saturated carbocycles. The molecule has 5 heteroatoms. The van der Waals surface area contributed by atoms with Crippen LogP contribution in [-0.2, 0) is 21.4 Å². The number of ether oxygens (including phenoxy) is 1. The van der Waals surface area contributed by atoms with Crippen molar-refractivity contribution in [2.75, 3.05) is 13.1 Å². The van der Waals surface area contributed by atoms with Crippen LogP contribution >= 0.6 is 0 Å². The highest BCUT2D eigenvalue weighted by Crippen LogP contribution is 2.27. The van der Waals surface area contributed by atoms with Crippen molar-refractivity contribution in [2.45, 2.75) is 38.4 Å². The summed E-state index contributed by atoms with van der Waals surface area (Å²) in [7, 11) is -3.43. The Balaban J connectivity index is 1.63. The van der Waals surface area contributed by atoms with Crippen molar-refractivity contribution in [1.29, 1.82) is 0 Å². The lowest BCUT2D eigenvalue weighted by atomic mass is 10.1. The molecule has 2 aromatic rings. The molecule has 0 spiro atoms. The molecule has 1 aliphatic heterocycles. The molecule has 4 nitrogen and oxygen atoms in total. The molecule has 0 bridgehead atoms. The minimum atomic E-state index is -3.43. The fraction of sp³-hybridized carbons (Fsp3) is 0.368. The fourth-order valence-electron chi connectivity index (χ4n) is 2.84. The van der Waals surface area contributed by atoms with Gasteiger partial charge in [0.25, 0.3) is 0 Å². The lowest BCUT2D eigenvalue weighted by Crippen LogP contribution is -2.54. The predicted molar refractivity (Wildman–Crippen MR) is 94.4 cm³/mol. The van der Waals surface area contributed by atoms with Gasteiger partial charge in [0.15, 0.2) is 0 Å². The van der Waals surface area contributed by atoms with Gasteiger partial charge in [-0.05, 0) is 49.1 Å². The van der Waals surface area contributed by atoms with Crippen molar-refractivity contribution >= 4 is 10.0 Å². The quantitative estimate of drug-likeness (QED) is 0.836. The molecule has 128 valence electrons. The van der Waals surface area contributed by atoms with Crippen LogP contribution in [0.4, 0.5) is 0 Å². The van der Waals surface area contributed by atoms with Crippen molar-refractivity contribution < 1.29 is 13.2 Å². The number of nitrogens with zero attached hydrogens (tertiary/aromatic N) is 1. The zero-order chi connectivity index (χ0) is 17.3. The summed E-state index contributed by atoms with van der Waals surface area (Å²) < 4.78 is 32.9. The van der Waals surface area contributed by atoms with E-state index in [1.807, 2.05) is 57.2 Å². The predicted octanol–water partition coefficient (Wildman–Crippen LogP) is 3.20. The Hall–Kier alpha value is -1.69. The average molecular weight is 345 g/mol. The molecule has 1 heterocycles. The van der Waals surface area contributed by atoms with Crippen LogP contribution in [0.2, 0.25) is 0 Å². The average Bonchev–Trinajstić information content (AvgIpc) is 2.50. The van der Waals surface area contributed by atoms with Crippen molar-refractivity contribution in [3.05, 3.63) is 64.7 Å². The Kier molecular flexibility index (Phi) is 4.76. The highest BCUT2D eigenvalue weighted by molar-refractivity contribution is 7.89. The highest BCUT2D eigenvalue weighted by atomic mass is 32.2.